The second-order valence-corrected chi connectivity index (χ2v) is 2.92. The Labute approximate surface area is 79.0 Å². The molecule has 0 bridgehead atoms. The second-order valence-electron chi connectivity index (χ2n) is 2.56. The molecule has 13 heavy (non-hydrogen) atoms. The molecular weight excluding hydrogens is 187 g/mol. The Balaban J connectivity index is 2.91. The van der Waals surface area contributed by atoms with Gasteiger partial charge in [-0.3, -0.25) is 4.52 Å². The minimum Gasteiger partial charge on any atom is -0.496 e. The Morgan fingerprint density at radius 2 is 2.08 bits per heavy atom. The lowest BCUT2D eigenvalue weighted by atomic mass is 10.1. The van der Waals surface area contributed by atoms with Crippen LogP contribution in [0.1, 0.15) is 18.6 Å². The fourth-order valence-corrected chi connectivity index (χ4v) is 1.37. The molecule has 1 rings (SSSR count). The maximum Gasteiger partial charge on any atom is 0.327 e. The Morgan fingerprint density at radius 1 is 1.38 bits per heavy atom. The third-order valence-electron chi connectivity index (χ3n) is 1.78. The van der Waals surface area contributed by atoms with E-state index < -0.39 is 0 Å². The van der Waals surface area contributed by atoms with Gasteiger partial charge in [0.1, 0.15) is 5.75 Å². The average molecular weight is 198 g/mol. The molecule has 1 unspecified atom stereocenters. The van der Waals surface area contributed by atoms with Gasteiger partial charge in [0.15, 0.2) is 0 Å². The molecule has 1 aromatic carbocycles. The van der Waals surface area contributed by atoms with Crippen molar-refractivity contribution in [3.05, 3.63) is 29.8 Å². The smallest absolute Gasteiger partial charge is 0.327 e. The van der Waals surface area contributed by atoms with Crippen molar-refractivity contribution in [2.45, 2.75) is 13.0 Å². The normalized spacial score (nSPS) is 12.8. The van der Waals surface area contributed by atoms with E-state index in [-0.39, 0.29) is 14.8 Å². The number of methoxy groups -OCH3 is 1. The average Bonchev–Trinajstić information content (AvgIpc) is 2.18. The Hall–Kier alpha value is -0.920. The number of benzene rings is 1. The molecular formula is C9H11O3P. The first-order valence-corrected chi connectivity index (χ1v) is 4.64. The van der Waals surface area contributed by atoms with E-state index in [4.69, 9.17) is 9.26 Å². The predicted molar refractivity (Wildman–Crippen MR) is 50.1 cm³/mol. The molecule has 0 heterocycles. The molecule has 3 nitrogen and oxygen atoms in total. The van der Waals surface area contributed by atoms with Crippen molar-refractivity contribution in [3.8, 4) is 5.75 Å². The van der Waals surface area contributed by atoms with Crippen LogP contribution in [0.15, 0.2) is 24.3 Å². The van der Waals surface area contributed by atoms with E-state index in [1.165, 1.54) is 0 Å². The van der Waals surface area contributed by atoms with Gasteiger partial charge in [0.05, 0.1) is 13.2 Å². The van der Waals surface area contributed by atoms with Gasteiger partial charge < -0.3 is 4.74 Å². The topological polar surface area (TPSA) is 35.5 Å². The number of rotatable bonds is 4. The molecule has 0 saturated carbocycles. The van der Waals surface area contributed by atoms with Gasteiger partial charge in [-0.1, -0.05) is 18.2 Å². The van der Waals surface area contributed by atoms with E-state index in [2.05, 4.69) is 0 Å². The van der Waals surface area contributed by atoms with Crippen LogP contribution < -0.4 is 4.74 Å². The monoisotopic (exact) mass is 198 g/mol. The zero-order chi connectivity index (χ0) is 9.68. The van der Waals surface area contributed by atoms with Crippen molar-refractivity contribution in [1.82, 2.24) is 0 Å². The Bertz CT molecular complexity index is 288. The summed E-state index contributed by atoms with van der Waals surface area (Å²) in [7, 11) is 1.28. The molecule has 0 saturated heterocycles. The van der Waals surface area contributed by atoms with E-state index in [1.54, 1.807) is 7.11 Å². The molecule has 0 aromatic heterocycles. The highest BCUT2D eigenvalue weighted by Crippen LogP contribution is 2.28. The lowest BCUT2D eigenvalue weighted by Crippen LogP contribution is -1.96. The fourth-order valence-electron chi connectivity index (χ4n) is 1.12. The van der Waals surface area contributed by atoms with Crippen molar-refractivity contribution >= 4 is 8.69 Å². The van der Waals surface area contributed by atoms with Crippen molar-refractivity contribution in [3.63, 3.8) is 0 Å². The molecule has 0 aliphatic carbocycles. The lowest BCUT2D eigenvalue weighted by molar-refractivity contribution is 0.244. The quantitative estimate of drug-likeness (QED) is 0.697. The molecule has 0 spiro atoms. The predicted octanol–water partition coefficient (Wildman–Crippen LogP) is 2.98. The summed E-state index contributed by atoms with van der Waals surface area (Å²) in [5.74, 6) is 0.749. The van der Waals surface area contributed by atoms with Gasteiger partial charge in [0.25, 0.3) is 0 Å². The van der Waals surface area contributed by atoms with E-state index >= 15 is 0 Å². The van der Waals surface area contributed by atoms with Crippen LogP contribution >= 0.6 is 8.69 Å². The fraction of sp³-hybridized carbons (Fsp3) is 0.333. The summed E-state index contributed by atoms with van der Waals surface area (Å²) < 4.78 is 20.3. The standard InChI is InChI=1S/C9H11O3P/c1-7(12-13-10)8-5-3-4-6-9(8)11-2/h3-7H,1-2H3. The summed E-state index contributed by atoms with van der Waals surface area (Å²) in [5, 5.41) is 0. The zero-order valence-corrected chi connectivity index (χ0v) is 8.45. The van der Waals surface area contributed by atoms with E-state index in [9.17, 15) is 4.57 Å². The van der Waals surface area contributed by atoms with Crippen molar-refractivity contribution in [2.24, 2.45) is 0 Å². The summed E-state index contributed by atoms with van der Waals surface area (Å²) in [5.41, 5.74) is 0.897. The van der Waals surface area contributed by atoms with Gasteiger partial charge in [-0.25, -0.2) is 4.57 Å². The van der Waals surface area contributed by atoms with Crippen molar-refractivity contribution in [1.29, 1.82) is 0 Å². The molecule has 0 aliphatic rings. The van der Waals surface area contributed by atoms with Gasteiger partial charge in [-0.2, -0.15) is 0 Å². The van der Waals surface area contributed by atoms with Crippen LogP contribution in [0, 0.1) is 0 Å². The van der Waals surface area contributed by atoms with Crippen LogP contribution in [0.2, 0.25) is 0 Å². The number of hydrogen-bond acceptors (Lipinski definition) is 3. The van der Waals surface area contributed by atoms with Gasteiger partial charge in [0, 0.05) is 5.56 Å². The zero-order valence-electron chi connectivity index (χ0n) is 7.56. The second kappa shape index (κ2) is 4.95. The maximum absolute atomic E-state index is 10.2. The third kappa shape index (κ3) is 2.51. The summed E-state index contributed by atoms with van der Waals surface area (Å²) in [4.78, 5) is 0. The van der Waals surface area contributed by atoms with Gasteiger partial charge in [-0.15, -0.1) is 0 Å². The maximum atomic E-state index is 10.2. The first kappa shape index (κ1) is 10.2. The van der Waals surface area contributed by atoms with Crippen LogP contribution in [-0.2, 0) is 9.09 Å². The molecule has 0 aliphatic heterocycles. The van der Waals surface area contributed by atoms with Gasteiger partial charge in [0.2, 0.25) is 0 Å². The third-order valence-corrected chi connectivity index (χ3v) is 2.18. The molecule has 70 valence electrons. The van der Waals surface area contributed by atoms with Crippen LogP contribution in [-0.4, -0.2) is 7.11 Å². The van der Waals surface area contributed by atoms with E-state index in [0.717, 1.165) is 11.3 Å². The highest BCUT2D eigenvalue weighted by atomic mass is 31.1. The van der Waals surface area contributed by atoms with Crippen LogP contribution in [0.3, 0.4) is 0 Å². The van der Waals surface area contributed by atoms with E-state index in [0.29, 0.717) is 0 Å². The minimum absolute atomic E-state index is 0.227. The first-order chi connectivity index (χ1) is 6.29. The Morgan fingerprint density at radius 3 is 2.69 bits per heavy atom. The largest absolute Gasteiger partial charge is 0.496 e. The van der Waals surface area contributed by atoms with E-state index in [1.807, 2.05) is 31.2 Å². The number of ether oxygens (including phenoxy) is 1. The van der Waals surface area contributed by atoms with Crippen LogP contribution in [0.5, 0.6) is 5.75 Å². The molecule has 0 radical (unpaired) electrons. The molecule has 0 amide bonds. The summed E-state index contributed by atoms with van der Waals surface area (Å²) in [6, 6.07) is 7.49. The first-order valence-electron chi connectivity index (χ1n) is 3.91. The number of para-hydroxylation sites is 1. The number of hydrogen-bond donors (Lipinski definition) is 0. The molecule has 0 fully saturated rings. The van der Waals surface area contributed by atoms with Crippen LogP contribution in [0.4, 0.5) is 0 Å². The lowest BCUT2D eigenvalue weighted by Gasteiger charge is -2.11. The van der Waals surface area contributed by atoms with Gasteiger partial charge in [-0.05, 0) is 13.0 Å². The van der Waals surface area contributed by atoms with Crippen LogP contribution in [0.25, 0.3) is 0 Å². The highest BCUT2D eigenvalue weighted by molar-refractivity contribution is 7.17. The molecule has 1 aromatic rings. The summed E-state index contributed by atoms with van der Waals surface area (Å²) in [6.07, 6.45) is -0.227. The van der Waals surface area contributed by atoms with Crippen molar-refractivity contribution in [2.75, 3.05) is 7.11 Å². The minimum atomic E-state index is -0.313. The Kier molecular flexibility index (Phi) is 3.87. The molecule has 1 atom stereocenters. The molecule has 4 heteroatoms. The highest BCUT2D eigenvalue weighted by Gasteiger charge is 2.10. The SMILES string of the molecule is COc1ccccc1C(C)OP=O. The van der Waals surface area contributed by atoms with Crippen molar-refractivity contribution < 1.29 is 13.8 Å². The summed E-state index contributed by atoms with van der Waals surface area (Å²) >= 11 is 0. The van der Waals surface area contributed by atoms with Gasteiger partial charge >= 0.3 is 8.69 Å². The molecule has 0 N–H and O–H groups in total. The summed E-state index contributed by atoms with van der Waals surface area (Å²) in [6.45, 7) is 1.82.